The molecule has 6 nitrogen and oxygen atoms in total. The minimum atomic E-state index is -3.46. The van der Waals surface area contributed by atoms with Crippen molar-refractivity contribution in [3.05, 3.63) is 72.9 Å². The zero-order valence-corrected chi connectivity index (χ0v) is 12.4. The number of pyridine rings is 1. The van der Waals surface area contributed by atoms with Crippen LogP contribution < -0.4 is 4.72 Å². The summed E-state index contributed by atoms with van der Waals surface area (Å²) in [5.41, 5.74) is 1.16. The first-order valence-electron chi connectivity index (χ1n) is 6.61. The number of aromatic nitrogens is 3. The minimum Gasteiger partial charge on any atom is -0.291 e. The molecule has 0 spiro atoms. The Bertz CT molecular complexity index is 829. The van der Waals surface area contributed by atoms with Gasteiger partial charge in [-0.3, -0.25) is 9.29 Å². The van der Waals surface area contributed by atoms with Gasteiger partial charge in [-0.1, -0.05) is 30.3 Å². The van der Waals surface area contributed by atoms with Gasteiger partial charge < -0.3 is 0 Å². The van der Waals surface area contributed by atoms with Crippen LogP contribution in [-0.2, 0) is 15.8 Å². The Morgan fingerprint density at radius 2 is 1.91 bits per heavy atom. The lowest BCUT2D eigenvalue weighted by atomic mass is 10.2. The number of hydrogen-bond acceptors (Lipinski definition) is 4. The van der Waals surface area contributed by atoms with Gasteiger partial charge in [-0.2, -0.15) is 0 Å². The molecule has 1 N–H and O–H groups in total. The summed E-state index contributed by atoms with van der Waals surface area (Å²) in [6, 6.07) is 12.4. The van der Waals surface area contributed by atoms with Gasteiger partial charge in [0.15, 0.2) is 0 Å². The number of rotatable bonds is 5. The molecule has 0 unspecified atom stereocenters. The molecule has 0 fully saturated rings. The molecular weight excluding hydrogens is 300 g/mol. The minimum absolute atomic E-state index is 0.0723. The molecule has 0 bridgehead atoms. The smallest absolute Gasteiger partial charge is 0.236 e. The van der Waals surface area contributed by atoms with Crippen LogP contribution in [0.25, 0.3) is 5.82 Å². The van der Waals surface area contributed by atoms with E-state index in [9.17, 15) is 8.42 Å². The highest BCUT2D eigenvalue weighted by molar-refractivity contribution is 7.91. The first kappa shape index (κ1) is 14.3. The maximum absolute atomic E-state index is 12.1. The van der Waals surface area contributed by atoms with Gasteiger partial charge in [0.25, 0.3) is 0 Å². The summed E-state index contributed by atoms with van der Waals surface area (Å²) in [6.07, 6.45) is 6.53. The molecular formula is C15H14N4O2S. The number of hydrogen-bond donors (Lipinski definition) is 1. The molecule has 0 aliphatic rings. The Morgan fingerprint density at radius 3 is 2.55 bits per heavy atom. The average molecular weight is 314 g/mol. The lowest BCUT2D eigenvalue weighted by molar-refractivity contribution is 0.600. The molecule has 0 atom stereocenters. The van der Waals surface area contributed by atoms with Crippen molar-refractivity contribution in [2.45, 2.75) is 5.75 Å². The van der Waals surface area contributed by atoms with Crippen molar-refractivity contribution in [2.24, 2.45) is 0 Å². The van der Waals surface area contributed by atoms with E-state index in [1.54, 1.807) is 47.6 Å². The molecule has 3 rings (SSSR count). The normalized spacial score (nSPS) is 11.3. The summed E-state index contributed by atoms with van der Waals surface area (Å²) < 4.78 is 28.5. The summed E-state index contributed by atoms with van der Waals surface area (Å²) in [5, 5.41) is 0. The third-order valence-electron chi connectivity index (χ3n) is 2.99. The fraction of sp³-hybridized carbons (Fsp3) is 0.0667. The van der Waals surface area contributed by atoms with Crippen LogP contribution in [0.4, 0.5) is 5.69 Å². The van der Waals surface area contributed by atoms with E-state index in [-0.39, 0.29) is 5.75 Å². The Balaban J connectivity index is 1.72. The standard InChI is InChI=1S/C15H14N4O2S/c20-22(21,11-13-4-2-1-3-5-13)18-14-6-7-15(17-10-14)19-9-8-16-12-19/h1-10,12,18H,11H2. The maximum Gasteiger partial charge on any atom is 0.236 e. The van der Waals surface area contributed by atoms with Crippen LogP contribution in [0.1, 0.15) is 5.56 Å². The van der Waals surface area contributed by atoms with Gasteiger partial charge in [0.1, 0.15) is 12.1 Å². The molecule has 0 saturated carbocycles. The van der Waals surface area contributed by atoms with E-state index in [0.717, 1.165) is 5.56 Å². The zero-order chi connectivity index (χ0) is 15.4. The Labute approximate surface area is 128 Å². The quantitative estimate of drug-likeness (QED) is 0.783. The van der Waals surface area contributed by atoms with Crippen LogP contribution in [-0.4, -0.2) is 23.0 Å². The number of anilines is 1. The first-order valence-corrected chi connectivity index (χ1v) is 8.26. The van der Waals surface area contributed by atoms with E-state index in [1.165, 1.54) is 6.20 Å². The van der Waals surface area contributed by atoms with Crippen molar-refractivity contribution in [2.75, 3.05) is 4.72 Å². The molecule has 3 aromatic rings. The highest BCUT2D eigenvalue weighted by atomic mass is 32.2. The molecule has 1 aromatic carbocycles. The monoisotopic (exact) mass is 314 g/mol. The van der Waals surface area contributed by atoms with Crippen LogP contribution in [0, 0.1) is 0 Å². The molecule has 2 heterocycles. The van der Waals surface area contributed by atoms with Crippen LogP contribution >= 0.6 is 0 Å². The maximum atomic E-state index is 12.1. The second-order valence-corrected chi connectivity index (χ2v) is 6.44. The van der Waals surface area contributed by atoms with E-state index in [4.69, 9.17) is 0 Å². The Hall–Kier alpha value is -2.67. The summed E-state index contributed by atoms with van der Waals surface area (Å²) in [7, 11) is -3.46. The highest BCUT2D eigenvalue weighted by Gasteiger charge is 2.11. The van der Waals surface area contributed by atoms with E-state index >= 15 is 0 Å². The number of imidazole rings is 1. The predicted octanol–water partition coefficient (Wildman–Crippen LogP) is 2.21. The summed E-state index contributed by atoms with van der Waals surface area (Å²) in [6.45, 7) is 0. The highest BCUT2D eigenvalue weighted by Crippen LogP contribution is 2.13. The van der Waals surface area contributed by atoms with Crippen molar-refractivity contribution >= 4 is 15.7 Å². The number of nitrogens with one attached hydrogen (secondary N) is 1. The van der Waals surface area contributed by atoms with Crippen molar-refractivity contribution < 1.29 is 8.42 Å². The van der Waals surface area contributed by atoms with Gasteiger partial charge in [-0.15, -0.1) is 0 Å². The fourth-order valence-corrected chi connectivity index (χ4v) is 3.19. The first-order chi connectivity index (χ1) is 10.6. The lowest BCUT2D eigenvalue weighted by Gasteiger charge is -2.08. The molecule has 22 heavy (non-hydrogen) atoms. The van der Waals surface area contributed by atoms with E-state index in [0.29, 0.717) is 11.5 Å². The molecule has 0 amide bonds. The molecule has 0 saturated heterocycles. The molecule has 2 aromatic heterocycles. The van der Waals surface area contributed by atoms with E-state index in [2.05, 4.69) is 14.7 Å². The van der Waals surface area contributed by atoms with Crippen molar-refractivity contribution in [3.8, 4) is 5.82 Å². The third-order valence-corrected chi connectivity index (χ3v) is 4.25. The van der Waals surface area contributed by atoms with Crippen molar-refractivity contribution in [3.63, 3.8) is 0 Å². The molecule has 112 valence electrons. The fourth-order valence-electron chi connectivity index (χ4n) is 2.00. The number of nitrogens with zero attached hydrogens (tertiary/aromatic N) is 3. The molecule has 0 radical (unpaired) electrons. The van der Waals surface area contributed by atoms with Gasteiger partial charge in [-0.05, 0) is 17.7 Å². The summed E-state index contributed by atoms with van der Waals surface area (Å²) >= 11 is 0. The predicted molar refractivity (Wildman–Crippen MR) is 84.0 cm³/mol. The molecule has 0 aliphatic heterocycles. The largest absolute Gasteiger partial charge is 0.291 e. The number of sulfonamides is 1. The van der Waals surface area contributed by atoms with Gasteiger partial charge in [0.2, 0.25) is 10.0 Å². The van der Waals surface area contributed by atoms with Gasteiger partial charge >= 0.3 is 0 Å². The van der Waals surface area contributed by atoms with Crippen LogP contribution in [0.5, 0.6) is 0 Å². The summed E-state index contributed by atoms with van der Waals surface area (Å²) in [5.74, 6) is 0.598. The zero-order valence-electron chi connectivity index (χ0n) is 11.6. The Kier molecular flexibility index (Phi) is 3.88. The van der Waals surface area contributed by atoms with Crippen molar-refractivity contribution in [1.82, 2.24) is 14.5 Å². The van der Waals surface area contributed by atoms with Crippen LogP contribution in [0.3, 0.4) is 0 Å². The Morgan fingerprint density at radius 1 is 1.09 bits per heavy atom. The SMILES string of the molecule is O=S(=O)(Cc1ccccc1)Nc1ccc(-n2ccnc2)nc1. The second kappa shape index (κ2) is 5.98. The van der Waals surface area contributed by atoms with Gasteiger partial charge in [0, 0.05) is 12.4 Å². The second-order valence-electron chi connectivity index (χ2n) is 4.72. The van der Waals surface area contributed by atoms with Crippen LogP contribution in [0.15, 0.2) is 67.4 Å². The van der Waals surface area contributed by atoms with Crippen molar-refractivity contribution in [1.29, 1.82) is 0 Å². The molecule has 0 aliphatic carbocycles. The van der Waals surface area contributed by atoms with E-state index < -0.39 is 10.0 Å². The van der Waals surface area contributed by atoms with Gasteiger partial charge in [-0.25, -0.2) is 18.4 Å². The third kappa shape index (κ3) is 3.50. The average Bonchev–Trinajstić information content (AvgIpc) is 3.02. The molecule has 7 heteroatoms. The number of benzene rings is 1. The lowest BCUT2D eigenvalue weighted by Crippen LogP contribution is -2.15. The van der Waals surface area contributed by atoms with Gasteiger partial charge in [0.05, 0.1) is 17.6 Å². The topological polar surface area (TPSA) is 76.9 Å². The summed E-state index contributed by atoms with van der Waals surface area (Å²) in [4.78, 5) is 8.15. The van der Waals surface area contributed by atoms with E-state index in [1.807, 2.05) is 18.2 Å². The van der Waals surface area contributed by atoms with Crippen LogP contribution in [0.2, 0.25) is 0 Å².